The second-order valence-electron chi connectivity index (χ2n) is 5.62. The number of benzene rings is 1. The number of carboxylic acids is 1. The van der Waals surface area contributed by atoms with Gasteiger partial charge in [0.25, 0.3) is 0 Å². The molecular weight excluding hydrogens is 366 g/mol. The van der Waals surface area contributed by atoms with Crippen molar-refractivity contribution < 1.29 is 14.7 Å². The van der Waals surface area contributed by atoms with Crippen molar-refractivity contribution in [2.45, 2.75) is 31.1 Å². The third-order valence-corrected chi connectivity index (χ3v) is 5.57. The van der Waals surface area contributed by atoms with Gasteiger partial charge in [0.05, 0.1) is 5.75 Å². The maximum Gasteiger partial charge on any atom is 0.303 e. The van der Waals surface area contributed by atoms with Gasteiger partial charge in [-0.2, -0.15) is 0 Å². The van der Waals surface area contributed by atoms with Gasteiger partial charge in [0.1, 0.15) is 0 Å². The lowest BCUT2D eigenvalue weighted by atomic mass is 9.94. The number of carbonyl (C=O) groups is 2. The van der Waals surface area contributed by atoms with Gasteiger partial charge >= 0.3 is 5.97 Å². The largest absolute Gasteiger partial charge is 0.481 e. The summed E-state index contributed by atoms with van der Waals surface area (Å²) < 4.78 is 1.04. The number of carboxylic acid groups (broad SMARTS) is 1. The second-order valence-corrected chi connectivity index (χ2v) is 7.55. The molecule has 0 saturated carbocycles. The predicted octanol–water partition coefficient (Wildman–Crippen LogP) is 3.56. The van der Waals surface area contributed by atoms with Crippen LogP contribution in [-0.2, 0) is 9.59 Å². The van der Waals surface area contributed by atoms with E-state index in [-0.39, 0.29) is 18.2 Å². The number of piperidine rings is 1. The Morgan fingerprint density at radius 3 is 2.64 bits per heavy atom. The predicted molar refractivity (Wildman–Crippen MR) is 91.2 cm³/mol. The first kappa shape index (κ1) is 17.3. The lowest BCUT2D eigenvalue weighted by Gasteiger charge is -2.31. The van der Waals surface area contributed by atoms with Crippen molar-refractivity contribution in [2.75, 3.05) is 18.8 Å². The minimum atomic E-state index is -0.744. The minimum absolute atomic E-state index is 0.140. The van der Waals surface area contributed by atoms with E-state index in [4.69, 9.17) is 5.11 Å². The summed E-state index contributed by atoms with van der Waals surface area (Å²) in [6.07, 6.45) is 1.80. The van der Waals surface area contributed by atoms with Crippen molar-refractivity contribution in [3.05, 3.63) is 28.2 Å². The molecule has 1 fully saturated rings. The molecule has 2 rings (SSSR count). The van der Waals surface area contributed by atoms with Crippen LogP contribution in [0.1, 0.15) is 24.8 Å². The molecule has 1 heterocycles. The van der Waals surface area contributed by atoms with Crippen molar-refractivity contribution in [1.82, 2.24) is 4.90 Å². The van der Waals surface area contributed by atoms with Gasteiger partial charge in [0.15, 0.2) is 0 Å². The number of rotatable bonds is 5. The molecule has 0 bridgehead atoms. The highest BCUT2D eigenvalue weighted by molar-refractivity contribution is 9.10. The number of halogens is 1. The Labute approximate surface area is 143 Å². The zero-order valence-electron chi connectivity index (χ0n) is 12.5. The lowest BCUT2D eigenvalue weighted by molar-refractivity contribution is -0.138. The van der Waals surface area contributed by atoms with E-state index in [1.807, 2.05) is 30.0 Å². The fourth-order valence-electron chi connectivity index (χ4n) is 2.64. The molecule has 0 atom stereocenters. The van der Waals surface area contributed by atoms with Crippen LogP contribution in [0.4, 0.5) is 0 Å². The van der Waals surface area contributed by atoms with Crippen molar-refractivity contribution >= 4 is 39.6 Å². The van der Waals surface area contributed by atoms with Crippen molar-refractivity contribution in [3.8, 4) is 0 Å². The van der Waals surface area contributed by atoms with Gasteiger partial charge in [-0.15, -0.1) is 11.8 Å². The molecular formula is C16H20BrNO3S. The molecule has 0 spiro atoms. The summed E-state index contributed by atoms with van der Waals surface area (Å²) in [5.74, 6) is 0.0431. The smallest absolute Gasteiger partial charge is 0.303 e. The highest BCUT2D eigenvalue weighted by atomic mass is 79.9. The van der Waals surface area contributed by atoms with E-state index in [0.29, 0.717) is 18.8 Å². The van der Waals surface area contributed by atoms with Crippen molar-refractivity contribution in [2.24, 2.45) is 5.92 Å². The van der Waals surface area contributed by atoms with Crippen LogP contribution in [0.15, 0.2) is 27.6 Å². The quantitative estimate of drug-likeness (QED) is 0.787. The number of aryl methyl sites for hydroxylation is 1. The number of nitrogens with zero attached hydrogens (tertiary/aromatic N) is 1. The Balaban J connectivity index is 1.80. The number of hydrogen-bond acceptors (Lipinski definition) is 3. The molecule has 0 radical (unpaired) electrons. The first-order chi connectivity index (χ1) is 10.5. The van der Waals surface area contributed by atoms with Crippen LogP contribution in [0.2, 0.25) is 0 Å². The fraction of sp³-hybridized carbons (Fsp3) is 0.500. The summed E-state index contributed by atoms with van der Waals surface area (Å²) >= 11 is 5.00. The van der Waals surface area contributed by atoms with Gasteiger partial charge in [0, 0.05) is 28.9 Å². The van der Waals surface area contributed by atoms with Gasteiger partial charge in [-0.05, 0) is 49.4 Å². The molecule has 4 nitrogen and oxygen atoms in total. The number of carbonyl (C=O) groups excluding carboxylic acids is 1. The zero-order valence-corrected chi connectivity index (χ0v) is 15.0. The first-order valence-corrected chi connectivity index (χ1v) is 9.12. The van der Waals surface area contributed by atoms with Crippen molar-refractivity contribution in [1.29, 1.82) is 0 Å². The summed E-state index contributed by atoms with van der Waals surface area (Å²) in [7, 11) is 0. The fourth-order valence-corrected chi connectivity index (χ4v) is 4.03. The second kappa shape index (κ2) is 8.02. The Bertz CT molecular complexity index is 556. The van der Waals surface area contributed by atoms with E-state index in [1.54, 1.807) is 11.8 Å². The van der Waals surface area contributed by atoms with E-state index >= 15 is 0 Å². The molecule has 1 amide bonds. The molecule has 1 aromatic rings. The summed E-state index contributed by atoms with van der Waals surface area (Å²) in [6.45, 7) is 3.39. The highest BCUT2D eigenvalue weighted by Crippen LogP contribution is 2.26. The van der Waals surface area contributed by atoms with Crippen LogP contribution in [0, 0.1) is 12.8 Å². The Kier molecular flexibility index (Phi) is 6.32. The monoisotopic (exact) mass is 385 g/mol. The molecule has 6 heteroatoms. The highest BCUT2D eigenvalue weighted by Gasteiger charge is 2.24. The number of thioether (sulfide) groups is 1. The van der Waals surface area contributed by atoms with Gasteiger partial charge in [-0.1, -0.05) is 15.9 Å². The van der Waals surface area contributed by atoms with Gasteiger partial charge in [-0.3, -0.25) is 9.59 Å². The molecule has 120 valence electrons. The standard InChI is InChI=1S/C16H20BrNO3S/c1-11-8-13(17)2-3-14(11)22-10-15(19)18-6-4-12(5-7-18)9-16(20)21/h2-3,8,12H,4-7,9-10H2,1H3,(H,20,21). The summed E-state index contributed by atoms with van der Waals surface area (Å²) in [5.41, 5.74) is 1.16. The van der Waals surface area contributed by atoms with E-state index < -0.39 is 5.97 Å². The van der Waals surface area contributed by atoms with Gasteiger partial charge in [0.2, 0.25) is 5.91 Å². The van der Waals surface area contributed by atoms with Crippen LogP contribution < -0.4 is 0 Å². The Hall–Kier alpha value is -1.01. The Morgan fingerprint density at radius 1 is 1.36 bits per heavy atom. The van der Waals surface area contributed by atoms with Crippen LogP contribution in [0.5, 0.6) is 0 Å². The molecule has 1 saturated heterocycles. The SMILES string of the molecule is Cc1cc(Br)ccc1SCC(=O)N1CCC(CC(=O)O)CC1. The Morgan fingerprint density at radius 2 is 2.05 bits per heavy atom. The topological polar surface area (TPSA) is 57.6 Å². The molecule has 1 aromatic carbocycles. The molecule has 0 unspecified atom stereocenters. The van der Waals surface area contributed by atoms with E-state index in [0.717, 1.165) is 27.8 Å². The molecule has 0 aromatic heterocycles. The normalized spacial score (nSPS) is 15.8. The zero-order chi connectivity index (χ0) is 16.1. The molecule has 1 aliphatic heterocycles. The molecule has 22 heavy (non-hydrogen) atoms. The average molecular weight is 386 g/mol. The van der Waals surface area contributed by atoms with E-state index in [1.165, 1.54) is 0 Å². The van der Waals surface area contributed by atoms with Crippen LogP contribution >= 0.6 is 27.7 Å². The number of hydrogen-bond donors (Lipinski definition) is 1. The first-order valence-electron chi connectivity index (χ1n) is 7.34. The maximum atomic E-state index is 12.3. The summed E-state index contributed by atoms with van der Waals surface area (Å²) in [5, 5.41) is 8.81. The third-order valence-electron chi connectivity index (χ3n) is 3.92. The van der Waals surface area contributed by atoms with Crippen LogP contribution in [0.25, 0.3) is 0 Å². The number of aliphatic carboxylic acids is 1. The number of likely N-dealkylation sites (tertiary alicyclic amines) is 1. The lowest BCUT2D eigenvalue weighted by Crippen LogP contribution is -2.39. The van der Waals surface area contributed by atoms with Crippen molar-refractivity contribution in [3.63, 3.8) is 0 Å². The van der Waals surface area contributed by atoms with E-state index in [9.17, 15) is 9.59 Å². The maximum absolute atomic E-state index is 12.3. The average Bonchev–Trinajstić information content (AvgIpc) is 2.46. The van der Waals surface area contributed by atoms with E-state index in [2.05, 4.69) is 15.9 Å². The molecule has 0 aliphatic carbocycles. The van der Waals surface area contributed by atoms with Crippen LogP contribution in [0.3, 0.4) is 0 Å². The number of amides is 1. The minimum Gasteiger partial charge on any atom is -0.481 e. The summed E-state index contributed by atoms with van der Waals surface area (Å²) in [4.78, 5) is 26.0. The van der Waals surface area contributed by atoms with Gasteiger partial charge < -0.3 is 10.0 Å². The molecule has 1 N–H and O–H groups in total. The third kappa shape index (κ3) is 5.02. The van der Waals surface area contributed by atoms with Crippen LogP contribution in [-0.4, -0.2) is 40.7 Å². The summed E-state index contributed by atoms with van der Waals surface area (Å²) in [6, 6.07) is 6.05. The van der Waals surface area contributed by atoms with Gasteiger partial charge in [-0.25, -0.2) is 0 Å². The molecule has 1 aliphatic rings.